The first kappa shape index (κ1) is 17.8. The fraction of sp³-hybridized carbons (Fsp3) is 0.158. The van der Waals surface area contributed by atoms with Crippen LogP contribution in [-0.4, -0.2) is 11.1 Å². The Morgan fingerprint density at radius 1 is 1.31 bits per heavy atom. The van der Waals surface area contributed by atoms with Crippen molar-refractivity contribution in [2.45, 2.75) is 20.0 Å². The molecule has 0 unspecified atom stereocenters. The maximum Gasteiger partial charge on any atom is 0.144 e. The Morgan fingerprint density at radius 2 is 2.08 bits per heavy atom. The smallest absolute Gasteiger partial charge is 0.144 e. The van der Waals surface area contributed by atoms with Gasteiger partial charge in [-0.15, -0.1) is 0 Å². The van der Waals surface area contributed by atoms with Crippen LogP contribution in [0.25, 0.3) is 10.9 Å². The number of benzene rings is 2. The molecule has 0 atom stereocenters. The van der Waals surface area contributed by atoms with Crippen LogP contribution in [0.3, 0.4) is 0 Å². The number of pyridine rings is 1. The van der Waals surface area contributed by atoms with Gasteiger partial charge in [-0.2, -0.15) is 5.26 Å². The lowest BCUT2D eigenvalue weighted by Crippen LogP contribution is -2.08. The molecule has 0 aliphatic heterocycles. The molecule has 0 radical (unpaired) electrons. The molecule has 0 aliphatic carbocycles. The molecule has 0 saturated carbocycles. The normalized spacial score (nSPS) is 10.8. The van der Waals surface area contributed by atoms with Gasteiger partial charge in [-0.05, 0) is 38.1 Å². The number of fused-ring (bicyclic) bond motifs is 1. The van der Waals surface area contributed by atoms with Gasteiger partial charge in [0.2, 0.25) is 0 Å². The molecule has 0 bridgehead atoms. The lowest BCUT2D eigenvalue weighted by molar-refractivity contribution is 0.244. The van der Waals surface area contributed by atoms with Gasteiger partial charge in [0.15, 0.2) is 0 Å². The quantitative estimate of drug-likeness (QED) is 0.630. The van der Waals surface area contributed by atoms with Crippen molar-refractivity contribution >= 4 is 39.6 Å². The van der Waals surface area contributed by atoms with Gasteiger partial charge in [0, 0.05) is 23.3 Å². The number of nitrogens with two attached hydrogens (primary N) is 1. The fourth-order valence-corrected chi connectivity index (χ4v) is 2.71. The van der Waals surface area contributed by atoms with Crippen LogP contribution in [0.2, 0.25) is 5.02 Å². The van der Waals surface area contributed by atoms with E-state index in [2.05, 4.69) is 16.4 Å². The minimum atomic E-state index is -0.517. The van der Waals surface area contributed by atoms with Gasteiger partial charge in [0.1, 0.15) is 17.6 Å². The highest BCUT2D eigenvalue weighted by Crippen LogP contribution is 2.35. The van der Waals surface area contributed by atoms with E-state index < -0.39 is 5.82 Å². The van der Waals surface area contributed by atoms with Crippen molar-refractivity contribution in [3.05, 3.63) is 52.9 Å². The van der Waals surface area contributed by atoms with Crippen LogP contribution in [0, 0.1) is 17.1 Å². The lowest BCUT2D eigenvalue weighted by atomic mass is 10.1. The van der Waals surface area contributed by atoms with Crippen LogP contribution in [0.4, 0.5) is 21.5 Å². The van der Waals surface area contributed by atoms with Gasteiger partial charge >= 0.3 is 0 Å². The van der Waals surface area contributed by atoms with Gasteiger partial charge in [0.05, 0.1) is 33.6 Å². The number of nitrogens with zero attached hydrogens (tertiary/aromatic N) is 2. The number of anilines is 3. The van der Waals surface area contributed by atoms with Crippen molar-refractivity contribution in [2.75, 3.05) is 11.1 Å². The molecule has 7 heteroatoms. The van der Waals surface area contributed by atoms with E-state index >= 15 is 0 Å². The van der Waals surface area contributed by atoms with E-state index in [-0.39, 0.29) is 11.1 Å². The predicted octanol–water partition coefficient (Wildman–Crippen LogP) is 5.01. The molecule has 3 N–H and O–H groups in total. The second-order valence-electron chi connectivity index (χ2n) is 5.99. The maximum atomic E-state index is 13.4. The topological polar surface area (TPSA) is 84.0 Å². The largest absolute Gasteiger partial charge is 0.489 e. The first-order valence-electron chi connectivity index (χ1n) is 7.90. The minimum absolute atomic E-state index is 0.0148. The molecule has 1 aromatic heterocycles. The number of hydrogen-bond donors (Lipinski definition) is 2. The highest BCUT2D eigenvalue weighted by molar-refractivity contribution is 6.31. The average molecular weight is 371 g/mol. The summed E-state index contributed by atoms with van der Waals surface area (Å²) in [6, 6.07) is 9.77. The molecular weight excluding hydrogens is 355 g/mol. The molecule has 1 heterocycles. The van der Waals surface area contributed by atoms with Gasteiger partial charge in [-0.25, -0.2) is 4.39 Å². The summed E-state index contributed by atoms with van der Waals surface area (Å²) < 4.78 is 19.1. The van der Waals surface area contributed by atoms with E-state index in [9.17, 15) is 9.65 Å². The zero-order valence-electron chi connectivity index (χ0n) is 14.2. The van der Waals surface area contributed by atoms with Gasteiger partial charge < -0.3 is 15.8 Å². The number of nitriles is 1. The fourth-order valence-electron chi connectivity index (χ4n) is 2.53. The molecule has 0 aliphatic rings. The van der Waals surface area contributed by atoms with E-state index in [1.807, 2.05) is 13.8 Å². The molecular formula is C19H16ClFN4O. The Balaban J connectivity index is 2.14. The summed E-state index contributed by atoms with van der Waals surface area (Å²) in [7, 11) is 0. The summed E-state index contributed by atoms with van der Waals surface area (Å²) in [5.41, 5.74) is 8.54. The van der Waals surface area contributed by atoms with E-state index in [4.69, 9.17) is 22.1 Å². The van der Waals surface area contributed by atoms with Gasteiger partial charge in [-0.3, -0.25) is 4.98 Å². The Hall–Kier alpha value is -3.04. The average Bonchev–Trinajstić information content (AvgIpc) is 2.59. The Morgan fingerprint density at radius 3 is 2.73 bits per heavy atom. The zero-order valence-corrected chi connectivity index (χ0v) is 14.9. The van der Waals surface area contributed by atoms with Crippen molar-refractivity contribution in [2.24, 2.45) is 0 Å². The number of aromatic nitrogens is 1. The van der Waals surface area contributed by atoms with E-state index in [0.29, 0.717) is 39.3 Å². The standard InChI is InChI=1S/C19H16ClFN4O/c1-10(2)26-18-7-17-13(6-16(18)23)19(11(8-22)9-24-17)25-12-3-4-15(21)14(20)5-12/h3-7,9-10H,23H2,1-2H3,(H,24,25). The first-order valence-corrected chi connectivity index (χ1v) is 8.28. The molecule has 2 aromatic carbocycles. The summed E-state index contributed by atoms with van der Waals surface area (Å²) >= 11 is 5.84. The van der Waals surface area contributed by atoms with Crippen molar-refractivity contribution in [3.8, 4) is 11.8 Å². The summed E-state index contributed by atoms with van der Waals surface area (Å²) in [4.78, 5) is 4.31. The Labute approximate surface area is 155 Å². The predicted molar refractivity (Wildman–Crippen MR) is 101 cm³/mol. The van der Waals surface area contributed by atoms with Crippen LogP contribution in [0.1, 0.15) is 19.4 Å². The Bertz CT molecular complexity index is 1030. The molecule has 26 heavy (non-hydrogen) atoms. The van der Waals surface area contributed by atoms with Crippen LogP contribution < -0.4 is 15.8 Å². The number of rotatable bonds is 4. The first-order chi connectivity index (χ1) is 12.4. The van der Waals surface area contributed by atoms with Crippen molar-refractivity contribution in [1.29, 1.82) is 5.26 Å². The monoisotopic (exact) mass is 370 g/mol. The van der Waals surface area contributed by atoms with Crippen LogP contribution in [-0.2, 0) is 0 Å². The molecule has 0 fully saturated rings. The maximum absolute atomic E-state index is 13.4. The highest BCUT2D eigenvalue weighted by atomic mass is 35.5. The van der Waals surface area contributed by atoms with Crippen LogP contribution >= 0.6 is 11.6 Å². The van der Waals surface area contributed by atoms with Gasteiger partial charge in [0.25, 0.3) is 0 Å². The molecule has 132 valence electrons. The van der Waals surface area contributed by atoms with E-state index in [0.717, 1.165) is 0 Å². The van der Waals surface area contributed by atoms with Crippen LogP contribution in [0.5, 0.6) is 5.75 Å². The Kier molecular flexibility index (Phi) is 4.83. The van der Waals surface area contributed by atoms with Crippen molar-refractivity contribution < 1.29 is 9.13 Å². The summed E-state index contributed by atoms with van der Waals surface area (Å²) in [5, 5.41) is 13.2. The number of nitrogen functional groups attached to an aromatic ring is 1. The molecule has 3 aromatic rings. The summed E-state index contributed by atoms with van der Waals surface area (Å²) in [5.74, 6) is 0.0116. The summed E-state index contributed by atoms with van der Waals surface area (Å²) in [6.45, 7) is 3.81. The third kappa shape index (κ3) is 3.48. The van der Waals surface area contributed by atoms with E-state index in [1.165, 1.54) is 24.4 Å². The van der Waals surface area contributed by atoms with Crippen molar-refractivity contribution in [1.82, 2.24) is 4.98 Å². The lowest BCUT2D eigenvalue weighted by Gasteiger charge is -2.16. The molecule has 0 spiro atoms. The highest BCUT2D eigenvalue weighted by Gasteiger charge is 2.14. The molecule has 0 amide bonds. The van der Waals surface area contributed by atoms with Crippen molar-refractivity contribution in [3.63, 3.8) is 0 Å². The zero-order chi connectivity index (χ0) is 18.8. The number of halogens is 2. The van der Waals surface area contributed by atoms with Crippen LogP contribution in [0.15, 0.2) is 36.5 Å². The number of ether oxygens (including phenoxy) is 1. The number of nitrogens with one attached hydrogen (secondary N) is 1. The third-order valence-corrected chi connectivity index (χ3v) is 3.96. The summed E-state index contributed by atoms with van der Waals surface area (Å²) in [6.07, 6.45) is 1.43. The van der Waals surface area contributed by atoms with E-state index in [1.54, 1.807) is 12.1 Å². The third-order valence-electron chi connectivity index (χ3n) is 3.67. The molecule has 5 nitrogen and oxygen atoms in total. The minimum Gasteiger partial charge on any atom is -0.489 e. The second kappa shape index (κ2) is 7.06. The number of hydrogen-bond acceptors (Lipinski definition) is 5. The van der Waals surface area contributed by atoms with Gasteiger partial charge in [-0.1, -0.05) is 11.6 Å². The second-order valence-corrected chi connectivity index (χ2v) is 6.39. The molecule has 3 rings (SSSR count). The SMILES string of the molecule is CC(C)Oc1cc2ncc(C#N)c(Nc3ccc(F)c(Cl)c3)c2cc1N. The molecule has 0 saturated heterocycles.